The van der Waals surface area contributed by atoms with Crippen molar-refractivity contribution in [2.45, 2.75) is 19.4 Å². The van der Waals surface area contributed by atoms with Crippen LogP contribution in [0.3, 0.4) is 0 Å². The second-order valence-corrected chi connectivity index (χ2v) is 7.43. The Morgan fingerprint density at radius 3 is 2.76 bits per heavy atom. The molecular formula is C27H27NS. The van der Waals surface area contributed by atoms with Gasteiger partial charge in [-0.1, -0.05) is 85.5 Å². The third-order valence-electron chi connectivity index (χ3n) is 4.95. The van der Waals surface area contributed by atoms with E-state index in [2.05, 4.69) is 98.7 Å². The molecule has 3 rings (SSSR count). The van der Waals surface area contributed by atoms with Crippen LogP contribution in [0.25, 0.3) is 11.6 Å². The van der Waals surface area contributed by atoms with E-state index in [0.29, 0.717) is 0 Å². The monoisotopic (exact) mass is 397 g/mol. The van der Waals surface area contributed by atoms with Crippen LogP contribution < -0.4 is 5.32 Å². The quantitative estimate of drug-likeness (QED) is 0.367. The molecule has 146 valence electrons. The maximum Gasteiger partial charge on any atom is 0.0488 e. The van der Waals surface area contributed by atoms with Gasteiger partial charge in [-0.3, -0.25) is 0 Å². The predicted octanol–water partition coefficient (Wildman–Crippen LogP) is 7.39. The predicted molar refractivity (Wildman–Crippen MR) is 132 cm³/mol. The third kappa shape index (κ3) is 5.52. The highest BCUT2D eigenvalue weighted by Gasteiger charge is 2.14. The first-order chi connectivity index (χ1) is 14.1. The van der Waals surface area contributed by atoms with Crippen molar-refractivity contribution in [2.75, 3.05) is 5.32 Å². The maximum atomic E-state index is 4.31. The highest BCUT2D eigenvalue weighted by Crippen LogP contribution is 2.28. The molecule has 0 bridgehead atoms. The molecular weight excluding hydrogens is 370 g/mol. The average Bonchev–Trinajstić information content (AvgIpc) is 2.74. The Hall–Kier alpha value is -2.97. The molecule has 0 saturated carbocycles. The molecule has 1 aliphatic rings. The molecule has 1 N–H and O–H groups in total. The molecule has 1 unspecified atom stereocenters. The van der Waals surface area contributed by atoms with Crippen LogP contribution in [0.2, 0.25) is 0 Å². The van der Waals surface area contributed by atoms with E-state index >= 15 is 0 Å². The van der Waals surface area contributed by atoms with E-state index in [4.69, 9.17) is 0 Å². The lowest BCUT2D eigenvalue weighted by molar-refractivity contribution is 0.850. The molecule has 29 heavy (non-hydrogen) atoms. The Bertz CT molecular complexity index is 1020. The van der Waals surface area contributed by atoms with Crippen LogP contribution in [-0.4, -0.2) is 6.04 Å². The van der Waals surface area contributed by atoms with E-state index in [-0.39, 0.29) is 6.04 Å². The number of hydrogen-bond acceptors (Lipinski definition) is 2. The van der Waals surface area contributed by atoms with Crippen LogP contribution in [-0.2, 0) is 0 Å². The van der Waals surface area contributed by atoms with Gasteiger partial charge in [0.2, 0.25) is 0 Å². The smallest absolute Gasteiger partial charge is 0.0488 e. The largest absolute Gasteiger partial charge is 0.378 e. The van der Waals surface area contributed by atoms with Gasteiger partial charge in [0.05, 0.1) is 0 Å². The standard InChI is InChI=1S/C27H27NS/c1-4-22-10-5-6-14-27(22)28-26-13-8-12-24(19-26)25(15-16-29)18-21(3)23-11-7-9-20(2)17-23/h4-18,26,28-29H,1,3,19H2,2H3/b16-15-,25-18+. The van der Waals surface area contributed by atoms with Crippen molar-refractivity contribution >= 4 is 30.0 Å². The summed E-state index contributed by atoms with van der Waals surface area (Å²) in [6, 6.07) is 16.9. The number of nitrogens with one attached hydrogen (secondary N) is 1. The highest BCUT2D eigenvalue weighted by atomic mass is 32.1. The molecule has 0 aromatic heterocycles. The van der Waals surface area contributed by atoms with Gasteiger partial charge in [0, 0.05) is 11.7 Å². The minimum absolute atomic E-state index is 0.208. The number of anilines is 1. The molecule has 0 aliphatic heterocycles. The summed E-state index contributed by atoms with van der Waals surface area (Å²) in [5.74, 6) is 0. The number of rotatable bonds is 7. The summed E-state index contributed by atoms with van der Waals surface area (Å²) in [6.45, 7) is 10.3. The zero-order valence-corrected chi connectivity index (χ0v) is 17.7. The summed E-state index contributed by atoms with van der Waals surface area (Å²) >= 11 is 4.31. The zero-order valence-electron chi connectivity index (χ0n) is 16.8. The van der Waals surface area contributed by atoms with E-state index in [1.165, 1.54) is 11.1 Å². The lowest BCUT2D eigenvalue weighted by Gasteiger charge is -2.23. The van der Waals surface area contributed by atoms with Crippen molar-refractivity contribution in [1.29, 1.82) is 0 Å². The van der Waals surface area contributed by atoms with Crippen molar-refractivity contribution in [3.63, 3.8) is 0 Å². The van der Waals surface area contributed by atoms with Gasteiger partial charge < -0.3 is 5.32 Å². The molecule has 0 heterocycles. The van der Waals surface area contributed by atoms with Gasteiger partial charge in [-0.25, -0.2) is 0 Å². The van der Waals surface area contributed by atoms with Crippen molar-refractivity contribution < 1.29 is 0 Å². The van der Waals surface area contributed by atoms with Crippen LogP contribution in [0.4, 0.5) is 5.69 Å². The number of para-hydroxylation sites is 1. The fourth-order valence-electron chi connectivity index (χ4n) is 3.44. The molecule has 0 fully saturated rings. The fraction of sp³-hybridized carbons (Fsp3) is 0.111. The zero-order chi connectivity index (χ0) is 20.6. The van der Waals surface area contributed by atoms with E-state index in [1.54, 1.807) is 5.41 Å². The second-order valence-electron chi connectivity index (χ2n) is 7.13. The van der Waals surface area contributed by atoms with E-state index < -0.39 is 0 Å². The number of benzene rings is 2. The van der Waals surface area contributed by atoms with Crippen LogP contribution in [0.1, 0.15) is 23.1 Å². The number of thiol groups is 1. The molecule has 2 heteroatoms. The first-order valence-electron chi connectivity index (χ1n) is 9.75. The SMILES string of the molecule is C=Cc1ccccc1NC1C=CC=C(C(/C=C\S)=C/C(=C)c2cccc(C)c2)C1. The van der Waals surface area contributed by atoms with Gasteiger partial charge in [0.15, 0.2) is 0 Å². The van der Waals surface area contributed by atoms with Gasteiger partial charge in [0.25, 0.3) is 0 Å². The Balaban J connectivity index is 1.81. The van der Waals surface area contributed by atoms with Crippen LogP contribution in [0.15, 0.2) is 109 Å². The Morgan fingerprint density at radius 2 is 2.00 bits per heavy atom. The average molecular weight is 398 g/mol. The van der Waals surface area contributed by atoms with Crippen LogP contribution in [0, 0.1) is 6.92 Å². The lowest BCUT2D eigenvalue weighted by atomic mass is 9.91. The minimum atomic E-state index is 0.208. The molecule has 0 spiro atoms. The summed E-state index contributed by atoms with van der Waals surface area (Å²) in [6.07, 6.45) is 13.4. The fourth-order valence-corrected chi connectivity index (χ4v) is 3.60. The molecule has 2 aromatic carbocycles. The maximum absolute atomic E-state index is 4.31. The summed E-state index contributed by atoms with van der Waals surface area (Å²) < 4.78 is 0. The van der Waals surface area contributed by atoms with Gasteiger partial charge in [-0.15, -0.1) is 0 Å². The molecule has 1 atom stereocenters. The lowest BCUT2D eigenvalue weighted by Crippen LogP contribution is -2.20. The molecule has 1 nitrogen and oxygen atoms in total. The Labute approximate surface area is 180 Å². The number of hydrogen-bond donors (Lipinski definition) is 2. The molecule has 1 aliphatic carbocycles. The summed E-state index contributed by atoms with van der Waals surface area (Å²) in [7, 11) is 0. The second kappa shape index (κ2) is 9.99. The Morgan fingerprint density at radius 1 is 1.17 bits per heavy atom. The highest BCUT2D eigenvalue weighted by molar-refractivity contribution is 7.83. The molecule has 0 amide bonds. The van der Waals surface area contributed by atoms with Crippen LogP contribution in [0.5, 0.6) is 0 Å². The number of allylic oxidation sites excluding steroid dienone is 6. The van der Waals surface area contributed by atoms with Gasteiger partial charge in [0.1, 0.15) is 0 Å². The van der Waals surface area contributed by atoms with Crippen molar-refractivity contribution in [3.8, 4) is 0 Å². The van der Waals surface area contributed by atoms with Gasteiger partial charge in [-0.2, -0.15) is 12.6 Å². The first-order valence-corrected chi connectivity index (χ1v) is 10.3. The summed E-state index contributed by atoms with van der Waals surface area (Å²) in [5.41, 5.74) is 7.94. The topological polar surface area (TPSA) is 12.0 Å². The summed E-state index contributed by atoms with van der Waals surface area (Å²) in [5, 5.41) is 5.41. The van der Waals surface area contributed by atoms with E-state index in [1.807, 2.05) is 24.3 Å². The van der Waals surface area contributed by atoms with E-state index in [0.717, 1.165) is 34.4 Å². The minimum Gasteiger partial charge on any atom is -0.378 e. The van der Waals surface area contributed by atoms with Gasteiger partial charge in [-0.05, 0) is 64.8 Å². The normalized spacial score (nSPS) is 16.6. The first kappa shape index (κ1) is 20.8. The number of aryl methyl sites for hydroxylation is 1. The van der Waals surface area contributed by atoms with Crippen molar-refractivity contribution in [3.05, 3.63) is 125 Å². The van der Waals surface area contributed by atoms with Crippen LogP contribution >= 0.6 is 12.6 Å². The van der Waals surface area contributed by atoms with Crippen molar-refractivity contribution in [2.24, 2.45) is 0 Å². The van der Waals surface area contributed by atoms with E-state index in [9.17, 15) is 0 Å². The van der Waals surface area contributed by atoms with Crippen molar-refractivity contribution in [1.82, 2.24) is 0 Å². The molecule has 0 radical (unpaired) electrons. The summed E-state index contributed by atoms with van der Waals surface area (Å²) in [4.78, 5) is 0. The third-order valence-corrected chi connectivity index (χ3v) is 5.09. The molecule has 0 saturated heterocycles. The Kier molecular flexibility index (Phi) is 7.15. The van der Waals surface area contributed by atoms with Gasteiger partial charge >= 0.3 is 0 Å². The molecule has 2 aromatic rings.